The number of carbonyl (C=O) groups is 4. The van der Waals surface area contributed by atoms with Crippen molar-refractivity contribution in [1.29, 1.82) is 0 Å². The van der Waals surface area contributed by atoms with Gasteiger partial charge in [-0.15, -0.1) is 0 Å². The third-order valence-electron chi connectivity index (χ3n) is 7.78. The number of para-hydroxylation sites is 4. The number of carbonyl (C=O) groups excluding carboxylic acids is 4. The van der Waals surface area contributed by atoms with Gasteiger partial charge in [0.05, 0.1) is 11.4 Å². The first-order valence-electron chi connectivity index (χ1n) is 17.1. The maximum Gasteiger partial charge on any atom is 0.242 e. The molecule has 6 rings (SSSR count). The number of benzene rings is 4. The number of nitrogens with zero attached hydrogens (tertiary/aromatic N) is 4. The largest absolute Gasteiger partial charge is 0.326 e. The number of nitrogens with one attached hydrogen (secondary N) is 2. The zero-order valence-corrected chi connectivity index (χ0v) is 31.1. The maximum absolute atomic E-state index is 12.8. The summed E-state index contributed by atoms with van der Waals surface area (Å²) in [6.45, 7) is 7.80. The predicted octanol–water partition coefficient (Wildman–Crippen LogP) is 8.11. The zero-order valence-electron chi connectivity index (χ0n) is 29.5. The third kappa shape index (κ3) is 10.4. The molecule has 2 saturated heterocycles. The molecule has 4 aromatic carbocycles. The summed E-state index contributed by atoms with van der Waals surface area (Å²) in [4.78, 5) is 62.8. The number of hydrogen-bond acceptors (Lipinski definition) is 8. The average molecular weight is 735 g/mol. The highest BCUT2D eigenvalue weighted by atomic mass is 32.2. The number of aliphatic imine (C=N–C) groups is 2. The molecule has 2 fully saturated rings. The standard InChI is InChI=1S/2C20H21N3O2S/c2*1-14(2)23-19(25)17(13-18(24)21-15-9-5-3-6-10-15)26-20(23)22-16-11-7-4-8-12-16/h2*3-12,14,17H,13H2,1-2H3,(H,21,24)/t2*17-/m11/s1. The van der Waals surface area contributed by atoms with E-state index < -0.39 is 10.5 Å². The SMILES string of the molecule is CC(C)N1C(=O)[C@@H](CC(=O)Nc2ccccc2)SC1=Nc1ccccc1.CC(C)N1C(=O)[C@@H](CC(=O)Nc2ccccc2)SC1=Nc1ccccc1. The van der Waals surface area contributed by atoms with E-state index >= 15 is 0 Å². The van der Waals surface area contributed by atoms with Gasteiger partial charge in [0.2, 0.25) is 23.6 Å². The van der Waals surface area contributed by atoms with E-state index in [1.807, 2.05) is 149 Å². The minimum atomic E-state index is -0.455. The third-order valence-corrected chi connectivity index (χ3v) is 10.1. The van der Waals surface area contributed by atoms with Gasteiger partial charge in [-0.2, -0.15) is 0 Å². The lowest BCUT2D eigenvalue weighted by atomic mass is 10.2. The molecule has 0 aliphatic carbocycles. The van der Waals surface area contributed by atoms with E-state index in [0.717, 1.165) is 22.7 Å². The molecule has 268 valence electrons. The van der Waals surface area contributed by atoms with Crippen molar-refractivity contribution in [2.75, 3.05) is 10.6 Å². The van der Waals surface area contributed by atoms with Gasteiger partial charge in [0.25, 0.3) is 0 Å². The van der Waals surface area contributed by atoms with Crippen LogP contribution in [0.1, 0.15) is 40.5 Å². The van der Waals surface area contributed by atoms with Crippen LogP contribution in [0.15, 0.2) is 131 Å². The summed E-state index contributed by atoms with van der Waals surface area (Å²) >= 11 is 2.71. The van der Waals surface area contributed by atoms with Crippen LogP contribution in [0.25, 0.3) is 0 Å². The molecular formula is C40H42N6O4S2. The summed E-state index contributed by atoms with van der Waals surface area (Å²) in [5.74, 6) is -0.482. The summed E-state index contributed by atoms with van der Waals surface area (Å²) in [5, 5.41) is 6.05. The number of anilines is 2. The molecule has 2 N–H and O–H groups in total. The van der Waals surface area contributed by atoms with Crippen molar-refractivity contribution < 1.29 is 19.2 Å². The van der Waals surface area contributed by atoms with Gasteiger partial charge >= 0.3 is 0 Å². The lowest BCUT2D eigenvalue weighted by molar-refractivity contribution is -0.129. The second-order valence-corrected chi connectivity index (χ2v) is 14.9. The monoisotopic (exact) mass is 734 g/mol. The van der Waals surface area contributed by atoms with Crippen LogP contribution in [0.4, 0.5) is 22.7 Å². The summed E-state index contributed by atoms with van der Waals surface area (Å²) < 4.78 is 0. The van der Waals surface area contributed by atoms with Gasteiger partial charge in [-0.05, 0) is 76.2 Å². The van der Waals surface area contributed by atoms with E-state index in [0.29, 0.717) is 10.3 Å². The van der Waals surface area contributed by atoms with Crippen LogP contribution in [0.3, 0.4) is 0 Å². The highest BCUT2D eigenvalue weighted by molar-refractivity contribution is 8.15. The van der Waals surface area contributed by atoms with Crippen LogP contribution in [-0.2, 0) is 19.2 Å². The van der Waals surface area contributed by atoms with Gasteiger partial charge < -0.3 is 10.6 Å². The van der Waals surface area contributed by atoms with Gasteiger partial charge in [-0.1, -0.05) is 96.3 Å². The summed E-state index contributed by atoms with van der Waals surface area (Å²) in [6, 6.07) is 37.5. The fraction of sp³-hybridized carbons (Fsp3) is 0.250. The van der Waals surface area contributed by atoms with Crippen molar-refractivity contribution in [3.63, 3.8) is 0 Å². The molecule has 0 spiro atoms. The Balaban J connectivity index is 0.000000201. The molecule has 0 saturated carbocycles. The van der Waals surface area contributed by atoms with Crippen LogP contribution in [-0.4, -0.2) is 66.3 Å². The minimum absolute atomic E-state index is 0.0142. The van der Waals surface area contributed by atoms with E-state index in [9.17, 15) is 19.2 Å². The number of thioether (sulfide) groups is 2. The second-order valence-electron chi connectivity index (χ2n) is 12.5. The predicted molar refractivity (Wildman–Crippen MR) is 213 cm³/mol. The molecule has 10 nitrogen and oxygen atoms in total. The Morgan fingerprint density at radius 3 is 1.17 bits per heavy atom. The smallest absolute Gasteiger partial charge is 0.242 e. The molecule has 2 aliphatic heterocycles. The van der Waals surface area contributed by atoms with Gasteiger partial charge in [0, 0.05) is 36.3 Å². The van der Waals surface area contributed by atoms with Crippen molar-refractivity contribution in [2.45, 2.75) is 63.1 Å². The molecule has 4 amide bonds. The van der Waals surface area contributed by atoms with E-state index in [1.54, 1.807) is 9.80 Å². The molecule has 0 aromatic heterocycles. The van der Waals surface area contributed by atoms with Crippen molar-refractivity contribution in [3.05, 3.63) is 121 Å². The Labute approximate surface area is 313 Å². The van der Waals surface area contributed by atoms with Crippen LogP contribution < -0.4 is 10.6 Å². The minimum Gasteiger partial charge on any atom is -0.326 e. The number of hydrogen-bond donors (Lipinski definition) is 2. The molecular weight excluding hydrogens is 693 g/mol. The van der Waals surface area contributed by atoms with Crippen LogP contribution in [0, 0.1) is 0 Å². The van der Waals surface area contributed by atoms with Crippen molar-refractivity contribution in [1.82, 2.24) is 9.80 Å². The van der Waals surface area contributed by atoms with Gasteiger partial charge in [-0.25, -0.2) is 9.98 Å². The maximum atomic E-state index is 12.8. The van der Waals surface area contributed by atoms with Gasteiger partial charge in [-0.3, -0.25) is 29.0 Å². The van der Waals surface area contributed by atoms with E-state index in [2.05, 4.69) is 20.6 Å². The molecule has 0 bridgehead atoms. The van der Waals surface area contributed by atoms with Crippen molar-refractivity contribution >= 4 is 80.2 Å². The first-order valence-corrected chi connectivity index (χ1v) is 18.8. The molecule has 4 aromatic rings. The number of amidine groups is 2. The van der Waals surface area contributed by atoms with Crippen LogP contribution in [0.5, 0.6) is 0 Å². The number of rotatable bonds is 10. The number of amides is 4. The molecule has 2 heterocycles. The normalized spacial score (nSPS) is 18.6. The first-order chi connectivity index (χ1) is 25.1. The summed E-state index contributed by atoms with van der Waals surface area (Å²) in [6.07, 6.45) is 0.241. The van der Waals surface area contributed by atoms with Crippen LogP contribution in [0.2, 0.25) is 0 Å². The van der Waals surface area contributed by atoms with E-state index in [-0.39, 0.29) is 48.6 Å². The fourth-order valence-corrected chi connectivity index (χ4v) is 7.92. The Morgan fingerprint density at radius 2 is 0.865 bits per heavy atom. The van der Waals surface area contributed by atoms with Crippen molar-refractivity contribution in [3.8, 4) is 0 Å². The van der Waals surface area contributed by atoms with Crippen LogP contribution >= 0.6 is 23.5 Å². The molecule has 52 heavy (non-hydrogen) atoms. The zero-order chi connectivity index (χ0) is 37.0. The lowest BCUT2D eigenvalue weighted by Gasteiger charge is -2.20. The Hall–Kier alpha value is -5.20. The van der Waals surface area contributed by atoms with E-state index in [1.165, 1.54) is 23.5 Å². The quantitative estimate of drug-likeness (QED) is 0.170. The van der Waals surface area contributed by atoms with E-state index in [4.69, 9.17) is 0 Å². The second kappa shape index (κ2) is 18.3. The fourth-order valence-electron chi connectivity index (χ4n) is 5.37. The Morgan fingerprint density at radius 1 is 0.558 bits per heavy atom. The molecule has 0 unspecified atom stereocenters. The summed E-state index contributed by atoms with van der Waals surface area (Å²) in [5.41, 5.74) is 3.05. The molecule has 2 aliphatic rings. The van der Waals surface area contributed by atoms with Gasteiger partial charge in [0.15, 0.2) is 10.3 Å². The van der Waals surface area contributed by atoms with Crippen molar-refractivity contribution in [2.24, 2.45) is 9.98 Å². The first kappa shape index (κ1) is 38.0. The highest BCUT2D eigenvalue weighted by Crippen LogP contribution is 2.34. The highest BCUT2D eigenvalue weighted by Gasteiger charge is 2.41. The molecule has 0 radical (unpaired) electrons. The Bertz CT molecular complexity index is 1750. The van der Waals surface area contributed by atoms with Gasteiger partial charge in [0.1, 0.15) is 10.5 Å². The molecule has 12 heteroatoms. The summed E-state index contributed by atoms with van der Waals surface area (Å²) in [7, 11) is 0. The molecule has 2 atom stereocenters. The Kier molecular flexibility index (Phi) is 13.4. The lowest BCUT2D eigenvalue weighted by Crippen LogP contribution is -2.38. The average Bonchev–Trinajstić information content (AvgIpc) is 3.60. The topological polar surface area (TPSA) is 124 Å².